The third-order valence-corrected chi connectivity index (χ3v) is 3.04. The van der Waals surface area contributed by atoms with E-state index in [2.05, 4.69) is 12.2 Å². The lowest BCUT2D eigenvalue weighted by Crippen LogP contribution is -2.16. The molecule has 12 heavy (non-hydrogen) atoms. The second-order valence-corrected chi connectivity index (χ2v) is 3.85. The van der Waals surface area contributed by atoms with Crippen molar-refractivity contribution in [2.45, 2.75) is 31.3 Å². The number of halogens is 1. The van der Waals surface area contributed by atoms with Gasteiger partial charge in [0, 0.05) is 12.1 Å². The third-order valence-electron chi connectivity index (χ3n) is 2.68. The Kier molecular flexibility index (Phi) is 2.01. The molecule has 0 aromatic heterocycles. The molecule has 2 rings (SSSR count). The van der Waals surface area contributed by atoms with E-state index in [9.17, 15) is 0 Å². The molecule has 2 aliphatic carbocycles. The van der Waals surface area contributed by atoms with Gasteiger partial charge in [-0.1, -0.05) is 23.8 Å². The zero-order chi connectivity index (χ0) is 8.60. The van der Waals surface area contributed by atoms with Crippen molar-refractivity contribution in [2.75, 3.05) is 7.11 Å². The van der Waals surface area contributed by atoms with E-state index < -0.39 is 0 Å². The number of hydrogen-bond donors (Lipinski definition) is 0. The maximum atomic E-state index is 6.10. The van der Waals surface area contributed by atoms with Crippen LogP contribution in [0.3, 0.4) is 0 Å². The molecule has 0 aromatic carbocycles. The molecule has 66 valence electrons. The van der Waals surface area contributed by atoms with Crippen molar-refractivity contribution in [2.24, 2.45) is 0 Å². The Balaban J connectivity index is 2.22. The van der Waals surface area contributed by atoms with Gasteiger partial charge in [0.1, 0.15) is 0 Å². The van der Waals surface area contributed by atoms with Gasteiger partial charge in [0.2, 0.25) is 0 Å². The Labute approximate surface area is 78.0 Å². The molecule has 0 saturated heterocycles. The lowest BCUT2D eigenvalue weighted by Gasteiger charge is -2.19. The highest BCUT2D eigenvalue weighted by Gasteiger charge is 2.47. The van der Waals surface area contributed by atoms with Gasteiger partial charge < -0.3 is 4.74 Å². The van der Waals surface area contributed by atoms with Gasteiger partial charge in [-0.25, -0.2) is 0 Å². The van der Waals surface area contributed by atoms with Crippen LogP contribution in [-0.4, -0.2) is 12.7 Å². The van der Waals surface area contributed by atoms with E-state index in [0.717, 1.165) is 30.7 Å². The van der Waals surface area contributed by atoms with Gasteiger partial charge in [-0.05, 0) is 31.3 Å². The molecule has 0 N–H and O–H groups in total. The first-order valence-electron chi connectivity index (χ1n) is 4.40. The molecule has 0 radical (unpaired) electrons. The summed E-state index contributed by atoms with van der Waals surface area (Å²) in [4.78, 5) is 0. The molecular weight excluding hydrogens is 172 g/mol. The lowest BCUT2D eigenvalue weighted by atomic mass is 10.0. The molecule has 0 spiro atoms. The Morgan fingerprint density at radius 3 is 2.50 bits per heavy atom. The standard InChI is InChI=1S/C10H13ClO/c1-12-10(6-7-10)8-4-2-3-5-9(8)11/h4-5H,2-3,6-7H2,1H3. The average molecular weight is 185 g/mol. The maximum Gasteiger partial charge on any atom is 0.0941 e. The smallest absolute Gasteiger partial charge is 0.0941 e. The molecule has 1 saturated carbocycles. The Morgan fingerprint density at radius 2 is 2.00 bits per heavy atom. The van der Waals surface area contributed by atoms with Crippen molar-refractivity contribution >= 4 is 11.6 Å². The van der Waals surface area contributed by atoms with E-state index in [1.165, 1.54) is 5.57 Å². The monoisotopic (exact) mass is 184 g/mol. The van der Waals surface area contributed by atoms with Gasteiger partial charge in [0.25, 0.3) is 0 Å². The number of allylic oxidation sites excluding steroid dienone is 2. The van der Waals surface area contributed by atoms with E-state index in [4.69, 9.17) is 16.3 Å². The fourth-order valence-electron chi connectivity index (χ4n) is 1.75. The van der Waals surface area contributed by atoms with Crippen LogP contribution in [0.2, 0.25) is 0 Å². The van der Waals surface area contributed by atoms with Gasteiger partial charge in [0.15, 0.2) is 0 Å². The van der Waals surface area contributed by atoms with Crippen LogP contribution in [0, 0.1) is 0 Å². The molecule has 2 aliphatic rings. The summed E-state index contributed by atoms with van der Waals surface area (Å²) >= 11 is 6.10. The van der Waals surface area contributed by atoms with E-state index in [0.29, 0.717) is 0 Å². The summed E-state index contributed by atoms with van der Waals surface area (Å²) in [6.07, 6.45) is 8.74. The van der Waals surface area contributed by atoms with Crippen molar-refractivity contribution in [3.63, 3.8) is 0 Å². The molecule has 0 heterocycles. The fraction of sp³-hybridized carbons (Fsp3) is 0.600. The van der Waals surface area contributed by atoms with E-state index in [1.807, 2.05) is 0 Å². The predicted octanol–water partition coefficient (Wildman–Crippen LogP) is 3.01. The third kappa shape index (κ3) is 1.21. The largest absolute Gasteiger partial charge is 0.373 e. The summed E-state index contributed by atoms with van der Waals surface area (Å²) in [6.45, 7) is 0. The quantitative estimate of drug-likeness (QED) is 0.641. The molecule has 1 nitrogen and oxygen atoms in total. The minimum Gasteiger partial charge on any atom is -0.373 e. The molecule has 0 atom stereocenters. The van der Waals surface area contributed by atoms with Crippen LogP contribution in [0.25, 0.3) is 0 Å². The van der Waals surface area contributed by atoms with Crippen LogP contribution in [0.5, 0.6) is 0 Å². The summed E-state index contributed by atoms with van der Waals surface area (Å²) in [5, 5.41) is 0.903. The van der Waals surface area contributed by atoms with E-state index in [-0.39, 0.29) is 5.60 Å². The highest BCUT2D eigenvalue weighted by atomic mass is 35.5. The molecule has 2 heteroatoms. The molecule has 0 bridgehead atoms. The summed E-state index contributed by atoms with van der Waals surface area (Å²) in [7, 11) is 1.77. The highest BCUT2D eigenvalue weighted by Crippen LogP contribution is 2.49. The summed E-state index contributed by atoms with van der Waals surface area (Å²) in [5.74, 6) is 0. The zero-order valence-corrected chi connectivity index (χ0v) is 8.03. The van der Waals surface area contributed by atoms with Crippen LogP contribution in [0.1, 0.15) is 25.7 Å². The Bertz CT molecular complexity index is 249. The summed E-state index contributed by atoms with van der Waals surface area (Å²) in [6, 6.07) is 0. The van der Waals surface area contributed by atoms with Gasteiger partial charge in [0.05, 0.1) is 5.60 Å². The van der Waals surface area contributed by atoms with Crippen LogP contribution in [-0.2, 0) is 4.74 Å². The first-order chi connectivity index (χ1) is 5.78. The van der Waals surface area contributed by atoms with Crippen LogP contribution >= 0.6 is 11.6 Å². The fourth-order valence-corrected chi connectivity index (χ4v) is 2.10. The topological polar surface area (TPSA) is 9.23 Å². The predicted molar refractivity (Wildman–Crippen MR) is 50.2 cm³/mol. The molecule has 0 aromatic rings. The molecule has 0 aliphatic heterocycles. The van der Waals surface area contributed by atoms with E-state index in [1.54, 1.807) is 7.11 Å². The van der Waals surface area contributed by atoms with E-state index >= 15 is 0 Å². The van der Waals surface area contributed by atoms with Crippen molar-refractivity contribution in [1.29, 1.82) is 0 Å². The van der Waals surface area contributed by atoms with Gasteiger partial charge in [-0.2, -0.15) is 0 Å². The molecule has 0 amide bonds. The number of hydrogen-bond acceptors (Lipinski definition) is 1. The maximum absolute atomic E-state index is 6.10. The second-order valence-electron chi connectivity index (χ2n) is 3.45. The number of methoxy groups -OCH3 is 1. The SMILES string of the molecule is COC1(C2=CCCC=C2Cl)CC1. The van der Waals surface area contributed by atoms with Gasteiger partial charge in [-0.15, -0.1) is 0 Å². The van der Waals surface area contributed by atoms with Gasteiger partial charge >= 0.3 is 0 Å². The summed E-state index contributed by atoms with van der Waals surface area (Å²) < 4.78 is 5.47. The zero-order valence-electron chi connectivity index (χ0n) is 7.27. The average Bonchev–Trinajstić information content (AvgIpc) is 2.86. The number of ether oxygens (including phenoxy) is 1. The summed E-state index contributed by atoms with van der Waals surface area (Å²) in [5.41, 5.74) is 1.21. The van der Waals surface area contributed by atoms with Crippen molar-refractivity contribution in [3.8, 4) is 0 Å². The first kappa shape index (κ1) is 8.33. The highest BCUT2D eigenvalue weighted by molar-refractivity contribution is 6.32. The van der Waals surface area contributed by atoms with Crippen molar-refractivity contribution in [3.05, 3.63) is 22.8 Å². The Hall–Kier alpha value is -0.270. The van der Waals surface area contributed by atoms with Gasteiger partial charge in [-0.3, -0.25) is 0 Å². The number of rotatable bonds is 2. The van der Waals surface area contributed by atoms with Crippen molar-refractivity contribution < 1.29 is 4.74 Å². The minimum atomic E-state index is -0.00595. The molecular formula is C10H13ClO. The Morgan fingerprint density at radius 1 is 1.33 bits per heavy atom. The minimum absolute atomic E-state index is 0.00595. The van der Waals surface area contributed by atoms with Crippen LogP contribution in [0.4, 0.5) is 0 Å². The lowest BCUT2D eigenvalue weighted by molar-refractivity contribution is 0.113. The van der Waals surface area contributed by atoms with Crippen LogP contribution < -0.4 is 0 Å². The van der Waals surface area contributed by atoms with Crippen molar-refractivity contribution in [1.82, 2.24) is 0 Å². The second kappa shape index (κ2) is 2.90. The molecule has 1 fully saturated rings. The first-order valence-corrected chi connectivity index (χ1v) is 4.78. The van der Waals surface area contributed by atoms with Crippen LogP contribution in [0.15, 0.2) is 22.8 Å². The normalized spacial score (nSPS) is 26.2. The molecule has 0 unspecified atom stereocenters.